The second kappa shape index (κ2) is 4.16. The Labute approximate surface area is 102 Å². The fourth-order valence-corrected chi connectivity index (χ4v) is 2.38. The maximum Gasteiger partial charge on any atom is 0.136 e. The number of halogens is 2. The molecule has 90 valence electrons. The highest BCUT2D eigenvalue weighted by Gasteiger charge is 2.19. The Morgan fingerprint density at radius 3 is 2.53 bits per heavy atom. The highest BCUT2D eigenvalue weighted by atomic mass is 32.1. The second-order valence-electron chi connectivity index (χ2n) is 4.38. The van der Waals surface area contributed by atoms with Crippen molar-refractivity contribution in [2.24, 2.45) is 5.73 Å². The van der Waals surface area contributed by atoms with E-state index in [1.165, 1.54) is 23.5 Å². The maximum absolute atomic E-state index is 13.5. The van der Waals surface area contributed by atoms with E-state index in [-0.39, 0.29) is 0 Å². The lowest BCUT2D eigenvalue weighted by atomic mass is 10.0. The van der Waals surface area contributed by atoms with Crippen molar-refractivity contribution in [2.45, 2.75) is 19.4 Å². The largest absolute Gasteiger partial charge is 0.321 e. The average Bonchev–Trinajstić information content (AvgIpc) is 2.65. The zero-order valence-electron chi connectivity index (χ0n) is 9.50. The minimum absolute atomic E-state index is 0.298. The van der Waals surface area contributed by atoms with Crippen LogP contribution >= 0.6 is 11.3 Å². The molecule has 1 aromatic heterocycles. The molecule has 0 unspecified atom stereocenters. The molecule has 0 amide bonds. The Morgan fingerprint density at radius 2 is 2.00 bits per heavy atom. The number of aromatic nitrogens is 1. The standard InChI is InChI=1S/C12H12F2N2S/c1-12(2,15)10-6-17-11(16-10)8-4-3-7(13)5-9(8)14/h3-6H,15H2,1-2H3. The molecule has 2 aromatic rings. The van der Waals surface area contributed by atoms with Gasteiger partial charge >= 0.3 is 0 Å². The molecule has 0 fully saturated rings. The van der Waals surface area contributed by atoms with E-state index in [4.69, 9.17) is 5.73 Å². The zero-order valence-corrected chi connectivity index (χ0v) is 10.3. The third-order valence-corrected chi connectivity index (χ3v) is 3.20. The molecule has 2 rings (SSSR count). The van der Waals surface area contributed by atoms with Crippen LogP contribution in [0.15, 0.2) is 23.6 Å². The first kappa shape index (κ1) is 12.1. The van der Waals surface area contributed by atoms with Gasteiger partial charge in [0, 0.05) is 17.0 Å². The summed E-state index contributed by atoms with van der Waals surface area (Å²) in [4.78, 5) is 4.27. The van der Waals surface area contributed by atoms with Crippen LogP contribution < -0.4 is 5.73 Å². The maximum atomic E-state index is 13.5. The smallest absolute Gasteiger partial charge is 0.136 e. The molecule has 0 radical (unpaired) electrons. The molecule has 5 heteroatoms. The number of hydrogen-bond acceptors (Lipinski definition) is 3. The van der Waals surface area contributed by atoms with Crippen LogP contribution in [-0.4, -0.2) is 4.98 Å². The molecule has 2 N–H and O–H groups in total. The molecule has 0 atom stereocenters. The molecule has 17 heavy (non-hydrogen) atoms. The van der Waals surface area contributed by atoms with Crippen molar-refractivity contribution in [3.05, 3.63) is 40.9 Å². The molecule has 0 saturated heterocycles. The summed E-state index contributed by atoms with van der Waals surface area (Å²) in [5.74, 6) is -1.21. The van der Waals surface area contributed by atoms with E-state index in [0.29, 0.717) is 16.3 Å². The quantitative estimate of drug-likeness (QED) is 0.893. The zero-order chi connectivity index (χ0) is 12.6. The van der Waals surface area contributed by atoms with E-state index in [1.54, 1.807) is 5.38 Å². The Balaban J connectivity index is 2.44. The number of hydrogen-bond donors (Lipinski definition) is 1. The van der Waals surface area contributed by atoms with Gasteiger partial charge in [-0.3, -0.25) is 0 Å². The van der Waals surface area contributed by atoms with Crippen molar-refractivity contribution in [3.63, 3.8) is 0 Å². The first-order valence-electron chi connectivity index (χ1n) is 5.08. The summed E-state index contributed by atoms with van der Waals surface area (Å²) >= 11 is 1.30. The van der Waals surface area contributed by atoms with E-state index in [0.717, 1.165) is 6.07 Å². The number of benzene rings is 1. The van der Waals surface area contributed by atoms with Gasteiger partial charge in [-0.15, -0.1) is 11.3 Å². The van der Waals surface area contributed by atoms with E-state index in [2.05, 4.69) is 4.98 Å². The Morgan fingerprint density at radius 1 is 1.29 bits per heavy atom. The van der Waals surface area contributed by atoms with E-state index in [1.807, 2.05) is 13.8 Å². The number of thiazole rings is 1. The lowest BCUT2D eigenvalue weighted by molar-refractivity contribution is 0.539. The highest BCUT2D eigenvalue weighted by Crippen LogP contribution is 2.29. The predicted molar refractivity (Wildman–Crippen MR) is 64.7 cm³/mol. The molecule has 1 aromatic carbocycles. The van der Waals surface area contributed by atoms with Crippen molar-refractivity contribution < 1.29 is 8.78 Å². The molecule has 2 nitrogen and oxygen atoms in total. The Kier molecular flexibility index (Phi) is 2.97. The first-order chi connectivity index (χ1) is 7.88. The van der Waals surface area contributed by atoms with Crippen LogP contribution in [0.4, 0.5) is 8.78 Å². The van der Waals surface area contributed by atoms with Crippen molar-refractivity contribution in [1.82, 2.24) is 4.98 Å². The second-order valence-corrected chi connectivity index (χ2v) is 5.24. The van der Waals surface area contributed by atoms with Crippen LogP contribution in [0.2, 0.25) is 0 Å². The van der Waals surface area contributed by atoms with E-state index < -0.39 is 17.2 Å². The van der Waals surface area contributed by atoms with Gasteiger partial charge < -0.3 is 5.73 Å². The summed E-state index contributed by atoms with van der Waals surface area (Å²) in [5, 5.41) is 2.30. The van der Waals surface area contributed by atoms with Crippen molar-refractivity contribution in [2.75, 3.05) is 0 Å². The summed E-state index contributed by atoms with van der Waals surface area (Å²) in [5.41, 5.74) is 6.33. The molecule has 0 saturated carbocycles. The van der Waals surface area contributed by atoms with E-state index >= 15 is 0 Å². The summed E-state index contributed by atoms with van der Waals surface area (Å²) < 4.78 is 26.3. The molecule has 1 heterocycles. The summed E-state index contributed by atoms with van der Waals surface area (Å²) in [6.45, 7) is 3.65. The fourth-order valence-electron chi connectivity index (χ4n) is 1.36. The number of nitrogens with two attached hydrogens (primary N) is 1. The van der Waals surface area contributed by atoms with Crippen LogP contribution in [0.3, 0.4) is 0 Å². The molecule has 0 spiro atoms. The fraction of sp³-hybridized carbons (Fsp3) is 0.250. The topological polar surface area (TPSA) is 38.9 Å². The lowest BCUT2D eigenvalue weighted by Gasteiger charge is -2.14. The van der Waals surface area contributed by atoms with Crippen LogP contribution in [0.5, 0.6) is 0 Å². The van der Waals surface area contributed by atoms with Gasteiger partial charge in [-0.2, -0.15) is 0 Å². The Bertz CT molecular complexity index is 544. The average molecular weight is 254 g/mol. The van der Waals surface area contributed by atoms with Gasteiger partial charge in [0.2, 0.25) is 0 Å². The number of rotatable bonds is 2. The van der Waals surface area contributed by atoms with Gasteiger partial charge in [0.15, 0.2) is 0 Å². The SMILES string of the molecule is CC(C)(N)c1csc(-c2ccc(F)cc2F)n1. The van der Waals surface area contributed by atoms with E-state index in [9.17, 15) is 8.78 Å². The molecule has 0 aliphatic carbocycles. The number of nitrogens with zero attached hydrogens (tertiary/aromatic N) is 1. The van der Waals surface area contributed by atoms with Crippen molar-refractivity contribution >= 4 is 11.3 Å². The molecule has 0 aliphatic heterocycles. The monoisotopic (exact) mass is 254 g/mol. The summed E-state index contributed by atoms with van der Waals surface area (Å²) in [6.07, 6.45) is 0. The third kappa shape index (κ3) is 2.50. The van der Waals surface area contributed by atoms with Crippen LogP contribution in [-0.2, 0) is 5.54 Å². The normalized spacial score (nSPS) is 11.8. The highest BCUT2D eigenvalue weighted by molar-refractivity contribution is 7.13. The minimum Gasteiger partial charge on any atom is -0.321 e. The molecule has 0 bridgehead atoms. The molecule has 0 aliphatic rings. The van der Waals surface area contributed by atoms with Gasteiger partial charge in [0.25, 0.3) is 0 Å². The van der Waals surface area contributed by atoms with Gasteiger partial charge in [0.1, 0.15) is 16.6 Å². The first-order valence-corrected chi connectivity index (χ1v) is 5.96. The van der Waals surface area contributed by atoms with Gasteiger partial charge in [-0.25, -0.2) is 13.8 Å². The minimum atomic E-state index is -0.610. The van der Waals surface area contributed by atoms with Crippen LogP contribution in [0, 0.1) is 11.6 Å². The third-order valence-electron chi connectivity index (χ3n) is 2.33. The predicted octanol–water partition coefficient (Wildman–Crippen LogP) is 3.28. The Hall–Kier alpha value is -1.33. The van der Waals surface area contributed by atoms with Crippen molar-refractivity contribution in [3.8, 4) is 10.6 Å². The van der Waals surface area contributed by atoms with Crippen molar-refractivity contribution in [1.29, 1.82) is 0 Å². The van der Waals surface area contributed by atoms with Crippen LogP contribution in [0.1, 0.15) is 19.5 Å². The van der Waals surface area contributed by atoms with Crippen LogP contribution in [0.25, 0.3) is 10.6 Å². The van der Waals surface area contributed by atoms with Gasteiger partial charge in [-0.05, 0) is 26.0 Å². The lowest BCUT2D eigenvalue weighted by Crippen LogP contribution is -2.28. The summed E-state index contributed by atoms with van der Waals surface area (Å²) in [7, 11) is 0. The molecular weight excluding hydrogens is 242 g/mol. The van der Waals surface area contributed by atoms with Gasteiger partial charge in [-0.1, -0.05) is 0 Å². The van der Waals surface area contributed by atoms with Gasteiger partial charge in [0.05, 0.1) is 11.2 Å². The molecular formula is C12H12F2N2S. The summed E-state index contributed by atoms with van der Waals surface area (Å²) in [6, 6.07) is 3.45.